The first-order valence-electron chi connectivity index (χ1n) is 11.0. The van der Waals surface area contributed by atoms with E-state index in [-0.39, 0.29) is 29.6 Å². The van der Waals surface area contributed by atoms with Crippen molar-refractivity contribution in [3.05, 3.63) is 100 Å². The van der Waals surface area contributed by atoms with Crippen LogP contribution in [0.5, 0.6) is 0 Å². The Hall–Kier alpha value is -3.56. The third-order valence-electron chi connectivity index (χ3n) is 5.48. The molecular weight excluding hydrogens is 483 g/mol. The van der Waals surface area contributed by atoms with Gasteiger partial charge in [0, 0.05) is 18.1 Å². The third kappa shape index (κ3) is 5.26. The fourth-order valence-electron chi connectivity index (χ4n) is 3.74. The zero-order valence-electron chi connectivity index (χ0n) is 18.6. The van der Waals surface area contributed by atoms with Crippen LogP contribution in [0.2, 0.25) is 0 Å². The van der Waals surface area contributed by atoms with Crippen molar-refractivity contribution in [2.24, 2.45) is 0 Å². The third-order valence-corrected chi connectivity index (χ3v) is 7.55. The second-order valence-corrected chi connectivity index (χ2v) is 9.86. The molecule has 0 spiro atoms. The monoisotopic (exact) mass is 504 g/mol. The number of thiophene rings is 1. The van der Waals surface area contributed by atoms with Gasteiger partial charge in [0.15, 0.2) is 5.16 Å². The van der Waals surface area contributed by atoms with Crippen molar-refractivity contribution in [2.45, 2.75) is 18.1 Å². The highest BCUT2D eigenvalue weighted by molar-refractivity contribution is 7.99. The molecule has 0 saturated heterocycles. The first-order valence-corrected chi connectivity index (χ1v) is 12.8. The molecule has 5 rings (SSSR count). The van der Waals surface area contributed by atoms with Gasteiger partial charge in [-0.1, -0.05) is 54.2 Å². The first kappa shape index (κ1) is 23.2. The van der Waals surface area contributed by atoms with Gasteiger partial charge in [0.25, 0.3) is 5.56 Å². The summed E-state index contributed by atoms with van der Waals surface area (Å²) >= 11 is 2.52. The summed E-state index contributed by atoms with van der Waals surface area (Å²) < 4.78 is 15.5. The number of amides is 1. The van der Waals surface area contributed by atoms with Gasteiger partial charge in [-0.15, -0.1) is 11.3 Å². The molecule has 0 aliphatic rings. The van der Waals surface area contributed by atoms with Crippen molar-refractivity contribution in [1.82, 2.24) is 19.9 Å². The average molecular weight is 505 g/mol. The van der Waals surface area contributed by atoms with E-state index in [0.717, 1.165) is 27.8 Å². The lowest BCUT2D eigenvalue weighted by atomic mass is 10.1. The predicted octanol–water partition coefficient (Wildman–Crippen LogP) is 4.64. The van der Waals surface area contributed by atoms with Gasteiger partial charge in [-0.2, -0.15) is 0 Å². The molecule has 3 aromatic heterocycles. The number of fused-ring (bicyclic) bond motifs is 3. The minimum atomic E-state index is -0.341. The summed E-state index contributed by atoms with van der Waals surface area (Å²) in [5.74, 6) is -0.353. The molecule has 2 aromatic carbocycles. The molecule has 0 fully saturated rings. The molecule has 176 valence electrons. The van der Waals surface area contributed by atoms with Gasteiger partial charge in [-0.05, 0) is 41.8 Å². The van der Waals surface area contributed by atoms with E-state index in [1.54, 1.807) is 22.9 Å². The minimum absolute atomic E-state index is 0.122. The topological polar surface area (TPSA) is 76.9 Å². The summed E-state index contributed by atoms with van der Waals surface area (Å²) in [6, 6.07) is 19.7. The number of carbonyl (C=O) groups excluding carboxylic acids is 1. The van der Waals surface area contributed by atoms with Crippen LogP contribution in [0.15, 0.2) is 82.9 Å². The smallest absolute Gasteiger partial charge is 0.272 e. The minimum Gasteiger partial charge on any atom is -0.355 e. The number of halogens is 1. The fraction of sp³-hybridized carbons (Fsp3) is 0.154. The van der Waals surface area contributed by atoms with E-state index in [1.807, 2.05) is 42.5 Å². The summed E-state index contributed by atoms with van der Waals surface area (Å²) in [6.07, 6.45) is 2.43. The SMILES string of the molecule is O=C(CSc1nc2c(sc3ncccc32)c(=O)n1Cc1ccc(F)cc1)NCCc1ccccc1. The molecule has 0 aliphatic carbocycles. The molecule has 0 unspecified atom stereocenters. The summed E-state index contributed by atoms with van der Waals surface area (Å²) in [4.78, 5) is 35.9. The molecule has 0 radical (unpaired) electrons. The Kier molecular flexibility index (Phi) is 6.87. The van der Waals surface area contributed by atoms with Gasteiger partial charge in [0.1, 0.15) is 15.3 Å². The number of carbonyl (C=O) groups is 1. The van der Waals surface area contributed by atoms with Crippen LogP contribution in [0.25, 0.3) is 20.4 Å². The van der Waals surface area contributed by atoms with Crippen molar-refractivity contribution in [1.29, 1.82) is 0 Å². The number of benzene rings is 2. The molecule has 35 heavy (non-hydrogen) atoms. The number of hydrogen-bond donors (Lipinski definition) is 1. The molecule has 0 aliphatic heterocycles. The van der Waals surface area contributed by atoms with Crippen molar-refractivity contribution in [3.63, 3.8) is 0 Å². The second kappa shape index (κ2) is 10.4. The maximum Gasteiger partial charge on any atom is 0.272 e. The number of nitrogens with zero attached hydrogens (tertiary/aromatic N) is 3. The molecule has 9 heteroatoms. The standard InChI is InChI=1S/C26H21FN4O2S2/c27-19-10-8-18(9-11-19)15-31-25(33)23-22(20-7-4-13-29-24(20)35-23)30-26(31)34-16-21(32)28-14-12-17-5-2-1-3-6-17/h1-11,13H,12,14-16H2,(H,28,32). The van der Waals surface area contributed by atoms with Crippen molar-refractivity contribution >= 4 is 49.4 Å². The quantitative estimate of drug-likeness (QED) is 0.246. The van der Waals surface area contributed by atoms with E-state index >= 15 is 0 Å². The maximum absolute atomic E-state index is 13.5. The molecule has 3 heterocycles. The summed E-state index contributed by atoms with van der Waals surface area (Å²) in [7, 11) is 0. The van der Waals surface area contributed by atoms with Gasteiger partial charge in [0.2, 0.25) is 5.91 Å². The Bertz CT molecular complexity index is 1550. The summed E-state index contributed by atoms with van der Waals surface area (Å²) in [5, 5.41) is 4.18. The lowest BCUT2D eigenvalue weighted by Gasteiger charge is -2.12. The van der Waals surface area contributed by atoms with Gasteiger partial charge in [-0.3, -0.25) is 14.2 Å². The molecule has 0 atom stereocenters. The zero-order chi connectivity index (χ0) is 24.2. The molecule has 0 saturated carbocycles. The Morgan fingerprint density at radius 3 is 2.63 bits per heavy atom. The molecular formula is C26H21FN4O2S2. The number of pyridine rings is 1. The number of rotatable bonds is 8. The Labute approximate surface area is 208 Å². The molecule has 1 amide bonds. The van der Waals surface area contributed by atoms with E-state index in [2.05, 4.69) is 10.3 Å². The largest absolute Gasteiger partial charge is 0.355 e. The van der Waals surface area contributed by atoms with E-state index in [9.17, 15) is 14.0 Å². The van der Waals surface area contributed by atoms with Gasteiger partial charge >= 0.3 is 0 Å². The Morgan fingerprint density at radius 1 is 1.03 bits per heavy atom. The lowest BCUT2D eigenvalue weighted by Crippen LogP contribution is -2.28. The lowest BCUT2D eigenvalue weighted by molar-refractivity contribution is -0.118. The van der Waals surface area contributed by atoms with Crippen LogP contribution in [-0.4, -0.2) is 32.7 Å². The zero-order valence-corrected chi connectivity index (χ0v) is 20.2. The number of hydrogen-bond acceptors (Lipinski definition) is 6. The predicted molar refractivity (Wildman–Crippen MR) is 139 cm³/mol. The van der Waals surface area contributed by atoms with Crippen LogP contribution < -0.4 is 10.9 Å². The number of thioether (sulfide) groups is 1. The van der Waals surface area contributed by atoms with Crippen LogP contribution in [0.4, 0.5) is 4.39 Å². The second-order valence-electron chi connectivity index (χ2n) is 7.92. The molecule has 5 aromatic rings. The average Bonchev–Trinajstić information content (AvgIpc) is 3.25. The van der Waals surface area contributed by atoms with E-state index in [4.69, 9.17) is 4.98 Å². The molecule has 1 N–H and O–H groups in total. The van der Waals surface area contributed by atoms with Crippen LogP contribution >= 0.6 is 23.1 Å². The molecule has 0 bridgehead atoms. The van der Waals surface area contributed by atoms with Crippen molar-refractivity contribution in [3.8, 4) is 0 Å². The normalized spacial score (nSPS) is 11.2. The number of nitrogens with one attached hydrogen (secondary N) is 1. The van der Waals surface area contributed by atoms with Crippen molar-refractivity contribution in [2.75, 3.05) is 12.3 Å². The summed E-state index contributed by atoms with van der Waals surface area (Å²) in [5.41, 5.74) is 2.31. The van der Waals surface area contributed by atoms with E-state index in [1.165, 1.54) is 35.2 Å². The Balaban J connectivity index is 1.40. The highest BCUT2D eigenvalue weighted by Gasteiger charge is 2.18. The Morgan fingerprint density at radius 2 is 1.83 bits per heavy atom. The van der Waals surface area contributed by atoms with Gasteiger partial charge in [0.05, 0.1) is 17.8 Å². The van der Waals surface area contributed by atoms with E-state index in [0.29, 0.717) is 21.9 Å². The maximum atomic E-state index is 13.5. The summed E-state index contributed by atoms with van der Waals surface area (Å²) in [6.45, 7) is 0.751. The van der Waals surface area contributed by atoms with Gasteiger partial charge < -0.3 is 5.32 Å². The molecule has 6 nitrogen and oxygen atoms in total. The van der Waals surface area contributed by atoms with Crippen LogP contribution in [0.1, 0.15) is 11.1 Å². The fourth-order valence-corrected chi connectivity index (χ4v) is 5.59. The van der Waals surface area contributed by atoms with Gasteiger partial charge in [-0.25, -0.2) is 14.4 Å². The number of aromatic nitrogens is 3. The van der Waals surface area contributed by atoms with Crippen molar-refractivity contribution < 1.29 is 9.18 Å². The first-order chi connectivity index (χ1) is 17.1. The van der Waals surface area contributed by atoms with Crippen LogP contribution in [0.3, 0.4) is 0 Å². The highest BCUT2D eigenvalue weighted by atomic mass is 32.2. The van der Waals surface area contributed by atoms with Crippen LogP contribution in [-0.2, 0) is 17.8 Å². The highest BCUT2D eigenvalue weighted by Crippen LogP contribution is 2.30. The van der Waals surface area contributed by atoms with Crippen LogP contribution in [0, 0.1) is 5.82 Å². The van der Waals surface area contributed by atoms with E-state index < -0.39 is 0 Å².